The number of aldehydes is 2. The van der Waals surface area contributed by atoms with E-state index in [4.69, 9.17) is 0 Å². The first-order valence-corrected chi connectivity index (χ1v) is 8.74. The summed E-state index contributed by atoms with van der Waals surface area (Å²) >= 11 is 1.58. The molecule has 0 N–H and O–H groups in total. The lowest BCUT2D eigenvalue weighted by Gasteiger charge is -2.33. The first-order valence-electron chi connectivity index (χ1n) is 7.93. The maximum atomic E-state index is 11.2. The first-order chi connectivity index (χ1) is 12.2. The van der Waals surface area contributed by atoms with Crippen LogP contribution in [0, 0.1) is 6.92 Å². The van der Waals surface area contributed by atoms with Crippen molar-refractivity contribution in [3.8, 4) is 0 Å². The van der Waals surface area contributed by atoms with Crippen LogP contribution in [0.1, 0.15) is 26.3 Å². The van der Waals surface area contributed by atoms with Gasteiger partial charge in [0.1, 0.15) is 12.6 Å². The molecule has 0 aliphatic carbocycles. The highest BCUT2D eigenvalue weighted by molar-refractivity contribution is 7.99. The van der Waals surface area contributed by atoms with Crippen molar-refractivity contribution in [1.82, 2.24) is 0 Å². The number of rotatable bonds is 3. The van der Waals surface area contributed by atoms with Crippen molar-refractivity contribution in [2.45, 2.75) is 16.7 Å². The Morgan fingerprint density at radius 3 is 1.76 bits per heavy atom. The van der Waals surface area contributed by atoms with Gasteiger partial charge in [-0.15, -0.1) is 0 Å². The second kappa shape index (κ2) is 6.22. The van der Waals surface area contributed by atoms with Gasteiger partial charge in [-0.25, -0.2) is 0 Å². The van der Waals surface area contributed by atoms with E-state index in [2.05, 4.69) is 36.1 Å². The molecule has 25 heavy (non-hydrogen) atoms. The van der Waals surface area contributed by atoms with Crippen LogP contribution < -0.4 is 4.90 Å². The zero-order valence-corrected chi connectivity index (χ0v) is 14.4. The number of carbonyl (C=O) groups excluding carboxylic acids is 2. The number of carbonyl (C=O) groups is 2. The van der Waals surface area contributed by atoms with E-state index in [1.807, 2.05) is 36.4 Å². The summed E-state index contributed by atoms with van der Waals surface area (Å²) in [5.41, 5.74) is 5.60. The lowest BCUT2D eigenvalue weighted by molar-refractivity contribution is 0.111. The van der Waals surface area contributed by atoms with E-state index < -0.39 is 0 Å². The van der Waals surface area contributed by atoms with E-state index in [9.17, 15) is 9.59 Å². The van der Waals surface area contributed by atoms with Crippen LogP contribution in [0.2, 0.25) is 0 Å². The molecule has 122 valence electrons. The standard InChI is InChI=1S/C21H15NO2S/c1-14-2-6-17(7-3-14)22-18-8-4-15(12-23)10-20(18)25-21-11-16(13-24)5-9-19(21)22/h2-13H,1H3. The number of benzene rings is 3. The molecule has 3 aromatic rings. The van der Waals surface area contributed by atoms with E-state index in [1.165, 1.54) is 5.56 Å². The van der Waals surface area contributed by atoms with Crippen LogP contribution in [-0.2, 0) is 0 Å². The van der Waals surface area contributed by atoms with Crippen molar-refractivity contribution in [3.05, 3.63) is 77.4 Å². The van der Waals surface area contributed by atoms with E-state index in [0.717, 1.165) is 39.4 Å². The Morgan fingerprint density at radius 2 is 1.28 bits per heavy atom. The van der Waals surface area contributed by atoms with Gasteiger partial charge in [-0.1, -0.05) is 29.5 Å². The molecule has 0 aromatic heterocycles. The molecule has 0 spiro atoms. The molecule has 0 saturated carbocycles. The van der Waals surface area contributed by atoms with Crippen LogP contribution in [0.3, 0.4) is 0 Å². The number of fused-ring (bicyclic) bond motifs is 2. The maximum Gasteiger partial charge on any atom is 0.150 e. The molecule has 0 radical (unpaired) electrons. The molecule has 0 bridgehead atoms. The largest absolute Gasteiger partial charge is 0.308 e. The Kier molecular flexibility index (Phi) is 3.90. The number of anilines is 3. The van der Waals surface area contributed by atoms with Gasteiger partial charge in [0, 0.05) is 26.6 Å². The van der Waals surface area contributed by atoms with E-state index in [1.54, 1.807) is 11.8 Å². The zero-order chi connectivity index (χ0) is 17.4. The average molecular weight is 345 g/mol. The molecular weight excluding hydrogens is 330 g/mol. The summed E-state index contributed by atoms with van der Waals surface area (Å²) in [7, 11) is 0. The second-order valence-electron chi connectivity index (χ2n) is 5.96. The first kappa shape index (κ1) is 15.7. The van der Waals surface area contributed by atoms with Gasteiger partial charge in [0.2, 0.25) is 0 Å². The normalized spacial score (nSPS) is 12.3. The Labute approximate surface area is 150 Å². The third-order valence-electron chi connectivity index (χ3n) is 4.23. The van der Waals surface area contributed by atoms with Crippen molar-refractivity contribution in [2.24, 2.45) is 0 Å². The highest BCUT2D eigenvalue weighted by atomic mass is 32.2. The Balaban J connectivity index is 1.94. The number of hydrogen-bond acceptors (Lipinski definition) is 4. The molecule has 3 aromatic carbocycles. The van der Waals surface area contributed by atoms with Gasteiger partial charge in [-0.2, -0.15) is 0 Å². The SMILES string of the molecule is Cc1ccc(N2c3ccc(C=O)cc3Sc3cc(C=O)ccc32)cc1. The van der Waals surface area contributed by atoms with Crippen molar-refractivity contribution in [2.75, 3.05) is 4.90 Å². The highest BCUT2D eigenvalue weighted by Crippen LogP contribution is 2.51. The smallest absolute Gasteiger partial charge is 0.150 e. The minimum Gasteiger partial charge on any atom is -0.308 e. The van der Waals surface area contributed by atoms with Crippen molar-refractivity contribution in [3.63, 3.8) is 0 Å². The summed E-state index contributed by atoms with van der Waals surface area (Å²) in [5.74, 6) is 0. The van der Waals surface area contributed by atoms with Gasteiger partial charge in [-0.05, 0) is 55.5 Å². The fraction of sp³-hybridized carbons (Fsp3) is 0.0476. The van der Waals surface area contributed by atoms with Gasteiger partial charge >= 0.3 is 0 Å². The minimum atomic E-state index is 0.644. The fourth-order valence-electron chi connectivity index (χ4n) is 2.96. The molecule has 0 fully saturated rings. The van der Waals surface area contributed by atoms with E-state index in [0.29, 0.717) is 11.1 Å². The third-order valence-corrected chi connectivity index (χ3v) is 5.33. The van der Waals surface area contributed by atoms with Crippen molar-refractivity contribution in [1.29, 1.82) is 0 Å². The lowest BCUT2D eigenvalue weighted by atomic mass is 10.1. The molecule has 4 rings (SSSR count). The van der Waals surface area contributed by atoms with Gasteiger partial charge in [0.05, 0.1) is 11.4 Å². The van der Waals surface area contributed by atoms with Gasteiger partial charge < -0.3 is 4.90 Å². The molecule has 1 aliphatic rings. The average Bonchev–Trinajstić information content (AvgIpc) is 2.66. The predicted octanol–water partition coefficient (Wildman–Crippen LogP) is 5.55. The van der Waals surface area contributed by atoms with Crippen LogP contribution in [0.4, 0.5) is 17.1 Å². The molecule has 1 aliphatic heterocycles. The van der Waals surface area contributed by atoms with Crippen LogP contribution in [-0.4, -0.2) is 12.6 Å². The maximum absolute atomic E-state index is 11.2. The third kappa shape index (κ3) is 2.75. The van der Waals surface area contributed by atoms with Crippen molar-refractivity contribution >= 4 is 41.4 Å². The molecule has 1 heterocycles. The zero-order valence-electron chi connectivity index (χ0n) is 13.6. The summed E-state index contributed by atoms with van der Waals surface area (Å²) in [4.78, 5) is 26.5. The minimum absolute atomic E-state index is 0.644. The topological polar surface area (TPSA) is 37.4 Å². The van der Waals surface area contributed by atoms with Gasteiger partial charge in [0.25, 0.3) is 0 Å². The summed E-state index contributed by atoms with van der Waals surface area (Å²) < 4.78 is 0. The Morgan fingerprint density at radius 1 is 0.760 bits per heavy atom. The van der Waals surface area contributed by atoms with E-state index >= 15 is 0 Å². The summed E-state index contributed by atoms with van der Waals surface area (Å²) in [6.07, 6.45) is 1.71. The monoisotopic (exact) mass is 345 g/mol. The Hall–Kier alpha value is -2.85. The van der Waals surface area contributed by atoms with Crippen molar-refractivity contribution < 1.29 is 9.59 Å². The number of aryl methyl sites for hydroxylation is 1. The molecule has 0 saturated heterocycles. The van der Waals surface area contributed by atoms with E-state index in [-0.39, 0.29) is 0 Å². The van der Waals surface area contributed by atoms with Crippen LogP contribution in [0.25, 0.3) is 0 Å². The molecule has 0 amide bonds. The number of nitrogens with zero attached hydrogens (tertiary/aromatic N) is 1. The van der Waals surface area contributed by atoms with Crippen LogP contribution in [0.15, 0.2) is 70.5 Å². The summed E-state index contributed by atoms with van der Waals surface area (Å²) in [6.45, 7) is 2.06. The second-order valence-corrected chi connectivity index (χ2v) is 7.05. The number of hydrogen-bond donors (Lipinski definition) is 0. The molecule has 4 heteroatoms. The van der Waals surface area contributed by atoms with Crippen LogP contribution in [0.5, 0.6) is 0 Å². The lowest BCUT2D eigenvalue weighted by Crippen LogP contribution is -2.15. The molecule has 0 atom stereocenters. The summed E-state index contributed by atoms with van der Waals surface area (Å²) in [6, 6.07) is 19.7. The highest BCUT2D eigenvalue weighted by Gasteiger charge is 2.25. The van der Waals surface area contributed by atoms with Gasteiger partial charge in [0.15, 0.2) is 0 Å². The quantitative estimate of drug-likeness (QED) is 0.456. The fourth-order valence-corrected chi connectivity index (χ4v) is 4.12. The molecule has 0 unspecified atom stereocenters. The van der Waals surface area contributed by atoms with Gasteiger partial charge in [-0.3, -0.25) is 9.59 Å². The predicted molar refractivity (Wildman–Crippen MR) is 101 cm³/mol. The molecular formula is C21H15NO2S. The molecule has 3 nitrogen and oxygen atoms in total. The summed E-state index contributed by atoms with van der Waals surface area (Å²) in [5, 5.41) is 0. The van der Waals surface area contributed by atoms with Crippen LogP contribution >= 0.6 is 11.8 Å². The Bertz CT molecular complexity index is 922.